The van der Waals surface area contributed by atoms with Gasteiger partial charge in [-0.05, 0) is 43.5 Å². The Bertz CT molecular complexity index is 530. The van der Waals surface area contributed by atoms with Gasteiger partial charge >= 0.3 is 0 Å². The zero-order valence-corrected chi connectivity index (χ0v) is 13.9. The number of unbranched alkanes of at least 4 members (excludes halogenated alkanes) is 1. The molecule has 0 saturated carbocycles. The van der Waals surface area contributed by atoms with Crippen LogP contribution in [0.1, 0.15) is 30.9 Å². The second kappa shape index (κ2) is 9.15. The number of rotatable bonds is 10. The molecule has 0 heterocycles. The molecule has 0 radical (unpaired) electrons. The van der Waals surface area contributed by atoms with Gasteiger partial charge < -0.3 is 10.1 Å². The molecule has 0 aliphatic carbocycles. The van der Waals surface area contributed by atoms with E-state index in [1.165, 1.54) is 0 Å². The van der Waals surface area contributed by atoms with E-state index in [1.807, 2.05) is 26.0 Å². The van der Waals surface area contributed by atoms with Gasteiger partial charge in [0.15, 0.2) is 0 Å². The first kappa shape index (κ1) is 18.1. The Labute approximate surface area is 128 Å². The molecule has 1 rings (SSSR count). The Kier molecular flexibility index (Phi) is 7.88. The van der Waals surface area contributed by atoms with Gasteiger partial charge in [0.2, 0.25) is 10.0 Å². The molecule has 5 nitrogen and oxygen atoms in total. The van der Waals surface area contributed by atoms with Crippen LogP contribution in [0.15, 0.2) is 23.1 Å². The summed E-state index contributed by atoms with van der Waals surface area (Å²) in [5.41, 5.74) is 1.74. The van der Waals surface area contributed by atoms with Gasteiger partial charge in [-0.2, -0.15) is 0 Å². The number of nitrogens with one attached hydrogen (secondary N) is 2. The molecular formula is C15H26N2O3S. The summed E-state index contributed by atoms with van der Waals surface area (Å²) in [6.07, 6.45) is 1.61. The number of aryl methyl sites for hydroxylation is 1. The average molecular weight is 314 g/mol. The minimum absolute atomic E-state index is 0.365. The van der Waals surface area contributed by atoms with E-state index in [-0.39, 0.29) is 0 Å². The lowest BCUT2D eigenvalue weighted by Gasteiger charge is -2.11. The lowest BCUT2D eigenvalue weighted by Crippen LogP contribution is -2.26. The molecule has 1 aromatic carbocycles. The standard InChI is InChI=1S/C15H26N2O3S/c1-4-16-12-14-8-7-13(2)15(11-14)21(18,19)17-9-5-6-10-20-3/h7-8,11,16-17H,4-6,9-10,12H2,1-3H3. The zero-order valence-electron chi connectivity index (χ0n) is 13.1. The SMILES string of the molecule is CCNCc1ccc(C)c(S(=O)(=O)NCCCCOC)c1. The number of methoxy groups -OCH3 is 1. The molecule has 0 unspecified atom stereocenters. The molecule has 0 amide bonds. The van der Waals surface area contributed by atoms with E-state index < -0.39 is 10.0 Å². The first-order valence-electron chi connectivity index (χ1n) is 7.30. The molecule has 2 N–H and O–H groups in total. The van der Waals surface area contributed by atoms with Crippen LogP contribution in [0, 0.1) is 6.92 Å². The molecule has 0 fully saturated rings. The van der Waals surface area contributed by atoms with Gasteiger partial charge in [-0.15, -0.1) is 0 Å². The maximum atomic E-state index is 12.3. The molecule has 0 spiro atoms. The quantitative estimate of drug-likeness (QED) is 0.646. The Hall–Kier alpha value is -0.950. The number of hydrogen-bond donors (Lipinski definition) is 2. The highest BCUT2D eigenvalue weighted by atomic mass is 32.2. The van der Waals surface area contributed by atoms with Gasteiger partial charge in [0.25, 0.3) is 0 Å². The number of benzene rings is 1. The minimum atomic E-state index is -3.44. The van der Waals surface area contributed by atoms with Crippen molar-refractivity contribution in [1.29, 1.82) is 0 Å². The Morgan fingerprint density at radius 2 is 2.00 bits per heavy atom. The fourth-order valence-corrected chi connectivity index (χ4v) is 3.34. The van der Waals surface area contributed by atoms with Crippen LogP contribution < -0.4 is 10.0 Å². The van der Waals surface area contributed by atoms with Crippen molar-refractivity contribution in [1.82, 2.24) is 10.0 Å². The van der Waals surface area contributed by atoms with E-state index in [9.17, 15) is 8.42 Å². The highest BCUT2D eigenvalue weighted by Crippen LogP contribution is 2.17. The van der Waals surface area contributed by atoms with Crippen LogP contribution in [0.2, 0.25) is 0 Å². The molecular weight excluding hydrogens is 288 g/mol. The van der Waals surface area contributed by atoms with Crippen LogP contribution in [0.5, 0.6) is 0 Å². The van der Waals surface area contributed by atoms with Crippen LogP contribution in [-0.2, 0) is 21.3 Å². The third kappa shape index (κ3) is 6.13. The normalized spacial score (nSPS) is 11.8. The number of ether oxygens (including phenoxy) is 1. The molecule has 0 aliphatic rings. The van der Waals surface area contributed by atoms with E-state index in [0.717, 1.165) is 30.5 Å². The van der Waals surface area contributed by atoms with Crippen molar-refractivity contribution in [2.24, 2.45) is 0 Å². The summed E-state index contributed by atoms with van der Waals surface area (Å²) in [5.74, 6) is 0. The molecule has 0 saturated heterocycles. The van der Waals surface area contributed by atoms with Gasteiger partial charge in [0.05, 0.1) is 4.90 Å². The summed E-state index contributed by atoms with van der Waals surface area (Å²) >= 11 is 0. The maximum absolute atomic E-state index is 12.3. The predicted octanol–water partition coefficient (Wildman–Crippen LogP) is 1.81. The maximum Gasteiger partial charge on any atom is 0.240 e. The third-order valence-corrected chi connectivity index (χ3v) is 4.79. The molecule has 1 aromatic rings. The largest absolute Gasteiger partial charge is 0.385 e. The monoisotopic (exact) mass is 314 g/mol. The Morgan fingerprint density at radius 1 is 1.24 bits per heavy atom. The third-order valence-electron chi connectivity index (χ3n) is 3.19. The number of hydrogen-bond acceptors (Lipinski definition) is 4. The van der Waals surface area contributed by atoms with Gasteiger partial charge in [0.1, 0.15) is 0 Å². The van der Waals surface area contributed by atoms with Crippen molar-refractivity contribution in [3.05, 3.63) is 29.3 Å². The fraction of sp³-hybridized carbons (Fsp3) is 0.600. The molecule has 120 valence electrons. The van der Waals surface area contributed by atoms with Crippen molar-refractivity contribution in [2.75, 3.05) is 26.8 Å². The van der Waals surface area contributed by atoms with Crippen LogP contribution >= 0.6 is 0 Å². The minimum Gasteiger partial charge on any atom is -0.385 e. The van der Waals surface area contributed by atoms with Crippen molar-refractivity contribution in [3.63, 3.8) is 0 Å². The van der Waals surface area contributed by atoms with Crippen LogP contribution in [0.25, 0.3) is 0 Å². The Morgan fingerprint density at radius 3 is 2.67 bits per heavy atom. The fourth-order valence-electron chi connectivity index (χ4n) is 1.97. The summed E-state index contributed by atoms with van der Waals surface area (Å²) in [7, 11) is -1.80. The van der Waals surface area contributed by atoms with Gasteiger partial charge in [-0.25, -0.2) is 13.1 Å². The second-order valence-corrected chi connectivity index (χ2v) is 6.71. The first-order valence-corrected chi connectivity index (χ1v) is 8.78. The van der Waals surface area contributed by atoms with Crippen molar-refractivity contribution in [2.45, 2.75) is 38.1 Å². The zero-order chi connectivity index (χ0) is 15.7. The predicted molar refractivity (Wildman–Crippen MR) is 84.9 cm³/mol. The molecule has 0 atom stereocenters. The molecule has 0 aromatic heterocycles. The van der Waals surface area contributed by atoms with E-state index >= 15 is 0 Å². The van der Waals surface area contributed by atoms with Gasteiger partial charge in [0, 0.05) is 26.8 Å². The van der Waals surface area contributed by atoms with Crippen LogP contribution in [-0.4, -0.2) is 35.2 Å². The smallest absolute Gasteiger partial charge is 0.240 e. The van der Waals surface area contributed by atoms with Crippen molar-refractivity contribution in [3.8, 4) is 0 Å². The van der Waals surface area contributed by atoms with E-state index in [1.54, 1.807) is 13.2 Å². The van der Waals surface area contributed by atoms with E-state index in [4.69, 9.17) is 4.74 Å². The van der Waals surface area contributed by atoms with Crippen LogP contribution in [0.3, 0.4) is 0 Å². The summed E-state index contributed by atoms with van der Waals surface area (Å²) in [6, 6.07) is 5.55. The van der Waals surface area contributed by atoms with E-state index in [0.29, 0.717) is 24.6 Å². The highest BCUT2D eigenvalue weighted by Gasteiger charge is 2.16. The van der Waals surface area contributed by atoms with E-state index in [2.05, 4.69) is 10.0 Å². The Balaban J connectivity index is 2.72. The summed E-state index contributed by atoms with van der Waals surface area (Å²) in [4.78, 5) is 0.365. The number of sulfonamides is 1. The first-order chi connectivity index (χ1) is 10.0. The van der Waals surface area contributed by atoms with Crippen molar-refractivity contribution < 1.29 is 13.2 Å². The molecule has 0 aliphatic heterocycles. The summed E-state index contributed by atoms with van der Waals surface area (Å²) in [5, 5.41) is 3.20. The second-order valence-electron chi connectivity index (χ2n) is 4.98. The van der Waals surface area contributed by atoms with Gasteiger partial charge in [-0.3, -0.25) is 0 Å². The topological polar surface area (TPSA) is 67.4 Å². The summed E-state index contributed by atoms with van der Waals surface area (Å²) < 4.78 is 32.3. The molecule has 6 heteroatoms. The van der Waals surface area contributed by atoms with Crippen molar-refractivity contribution >= 4 is 10.0 Å². The van der Waals surface area contributed by atoms with Crippen LogP contribution in [0.4, 0.5) is 0 Å². The molecule has 0 bridgehead atoms. The van der Waals surface area contributed by atoms with Gasteiger partial charge in [-0.1, -0.05) is 19.1 Å². The molecule has 21 heavy (non-hydrogen) atoms. The lowest BCUT2D eigenvalue weighted by atomic mass is 10.1. The highest BCUT2D eigenvalue weighted by molar-refractivity contribution is 7.89. The average Bonchev–Trinajstić information content (AvgIpc) is 2.46. The lowest BCUT2D eigenvalue weighted by molar-refractivity contribution is 0.193. The summed E-state index contributed by atoms with van der Waals surface area (Å²) in [6.45, 7) is 6.45.